The van der Waals surface area contributed by atoms with Gasteiger partial charge < -0.3 is 9.84 Å². The van der Waals surface area contributed by atoms with Gasteiger partial charge >= 0.3 is 0 Å². The standard InChI is InChI=1S/C31H47NO2/c1-8-13-14-29(32)34-28-18-17-27(22-24(28)7)31(11-4,12-5)26-16-15-25(23(6)21-26)19-20-30(33,9-2)10-3/h15-22,29,33H,8-14,32H2,1-7H3. The van der Waals surface area contributed by atoms with Crippen LogP contribution in [0, 0.1) is 13.8 Å². The first-order valence-corrected chi connectivity index (χ1v) is 13.2. The van der Waals surface area contributed by atoms with Crippen molar-refractivity contribution < 1.29 is 9.84 Å². The van der Waals surface area contributed by atoms with Gasteiger partial charge in [-0.2, -0.15) is 0 Å². The monoisotopic (exact) mass is 465 g/mol. The van der Waals surface area contributed by atoms with Gasteiger partial charge in [0.2, 0.25) is 0 Å². The summed E-state index contributed by atoms with van der Waals surface area (Å²) in [6.07, 6.45) is 10.3. The van der Waals surface area contributed by atoms with Gasteiger partial charge in [-0.05, 0) is 86.3 Å². The van der Waals surface area contributed by atoms with Gasteiger partial charge in [0, 0.05) is 5.41 Å². The summed E-state index contributed by atoms with van der Waals surface area (Å²) in [5.41, 5.74) is 11.6. The number of aliphatic hydroxyl groups is 1. The van der Waals surface area contributed by atoms with E-state index < -0.39 is 5.60 Å². The Morgan fingerprint density at radius 1 is 0.882 bits per heavy atom. The summed E-state index contributed by atoms with van der Waals surface area (Å²) in [6.45, 7) is 15.0. The molecule has 34 heavy (non-hydrogen) atoms. The maximum atomic E-state index is 10.6. The highest BCUT2D eigenvalue weighted by Gasteiger charge is 2.31. The van der Waals surface area contributed by atoms with E-state index in [0.29, 0.717) is 12.8 Å². The minimum absolute atomic E-state index is 0.0613. The fourth-order valence-corrected chi connectivity index (χ4v) is 4.83. The number of ether oxygens (including phenoxy) is 1. The molecule has 188 valence electrons. The lowest BCUT2D eigenvalue weighted by atomic mass is 9.70. The lowest BCUT2D eigenvalue weighted by Gasteiger charge is -2.34. The maximum Gasteiger partial charge on any atom is 0.147 e. The Kier molecular flexibility index (Phi) is 10.4. The van der Waals surface area contributed by atoms with Crippen molar-refractivity contribution in [1.82, 2.24) is 0 Å². The van der Waals surface area contributed by atoms with E-state index in [1.165, 1.54) is 16.7 Å². The first-order valence-electron chi connectivity index (χ1n) is 13.2. The predicted molar refractivity (Wildman–Crippen MR) is 146 cm³/mol. The largest absolute Gasteiger partial charge is 0.475 e. The average Bonchev–Trinajstić information content (AvgIpc) is 2.84. The molecule has 0 fully saturated rings. The SMILES string of the molecule is CCCCC(N)Oc1ccc(C(CC)(CC)c2ccc(C=CC(O)(CC)CC)c(C)c2)cc1C. The topological polar surface area (TPSA) is 55.5 Å². The van der Waals surface area contributed by atoms with E-state index in [4.69, 9.17) is 10.5 Å². The van der Waals surface area contributed by atoms with E-state index in [1.807, 2.05) is 19.9 Å². The normalized spacial score (nSPS) is 13.4. The number of rotatable bonds is 13. The summed E-state index contributed by atoms with van der Waals surface area (Å²) in [4.78, 5) is 0. The highest BCUT2D eigenvalue weighted by molar-refractivity contribution is 5.57. The van der Waals surface area contributed by atoms with Crippen molar-refractivity contribution in [2.75, 3.05) is 0 Å². The Morgan fingerprint density at radius 2 is 1.47 bits per heavy atom. The summed E-state index contributed by atoms with van der Waals surface area (Å²) >= 11 is 0. The molecule has 3 nitrogen and oxygen atoms in total. The van der Waals surface area contributed by atoms with Gasteiger partial charge in [0.1, 0.15) is 12.0 Å². The van der Waals surface area contributed by atoms with Crippen LogP contribution in [0.5, 0.6) is 5.75 Å². The molecular formula is C31H47NO2. The van der Waals surface area contributed by atoms with Crippen LogP contribution in [0.3, 0.4) is 0 Å². The number of nitrogens with two attached hydrogens (primary N) is 1. The van der Waals surface area contributed by atoms with Gasteiger partial charge in [0.15, 0.2) is 0 Å². The summed E-state index contributed by atoms with van der Waals surface area (Å²) in [6, 6.07) is 13.4. The van der Waals surface area contributed by atoms with Crippen LogP contribution in [-0.2, 0) is 5.41 Å². The molecule has 1 unspecified atom stereocenters. The number of hydrogen-bond donors (Lipinski definition) is 2. The zero-order chi connectivity index (χ0) is 25.4. The minimum atomic E-state index is -0.734. The molecule has 2 aromatic carbocycles. The molecule has 2 rings (SSSR count). The first kappa shape index (κ1) is 28.1. The molecule has 3 N–H and O–H groups in total. The van der Waals surface area contributed by atoms with E-state index >= 15 is 0 Å². The van der Waals surface area contributed by atoms with E-state index in [9.17, 15) is 5.11 Å². The third kappa shape index (κ3) is 6.52. The zero-order valence-electron chi connectivity index (χ0n) is 22.6. The molecule has 0 aromatic heterocycles. The van der Waals surface area contributed by atoms with Crippen LogP contribution in [0.25, 0.3) is 6.08 Å². The molecule has 1 atom stereocenters. The number of benzene rings is 2. The number of aryl methyl sites for hydroxylation is 2. The molecule has 0 saturated carbocycles. The Bertz CT molecular complexity index is 938. The van der Waals surface area contributed by atoms with Crippen LogP contribution < -0.4 is 10.5 Å². The number of hydrogen-bond acceptors (Lipinski definition) is 3. The van der Waals surface area contributed by atoms with Crippen LogP contribution in [0.15, 0.2) is 42.5 Å². The van der Waals surface area contributed by atoms with Crippen molar-refractivity contribution in [2.24, 2.45) is 5.73 Å². The van der Waals surface area contributed by atoms with Gasteiger partial charge in [-0.25, -0.2) is 0 Å². The van der Waals surface area contributed by atoms with Crippen LogP contribution >= 0.6 is 0 Å². The lowest BCUT2D eigenvalue weighted by Crippen LogP contribution is -2.28. The van der Waals surface area contributed by atoms with Crippen LogP contribution in [0.1, 0.15) is 107 Å². The molecule has 0 heterocycles. The summed E-state index contributed by atoms with van der Waals surface area (Å²) < 4.78 is 6.05. The quantitative estimate of drug-likeness (QED) is 0.296. The molecule has 0 aliphatic heterocycles. The second-order valence-corrected chi connectivity index (χ2v) is 9.78. The van der Waals surface area contributed by atoms with Gasteiger partial charge in [-0.1, -0.05) is 83.5 Å². The molecule has 2 aromatic rings. The Balaban J connectivity index is 2.38. The van der Waals surface area contributed by atoms with E-state index in [0.717, 1.165) is 49.0 Å². The maximum absolute atomic E-state index is 10.6. The lowest BCUT2D eigenvalue weighted by molar-refractivity contribution is 0.0836. The van der Waals surface area contributed by atoms with Crippen LogP contribution in [0.2, 0.25) is 0 Å². The van der Waals surface area contributed by atoms with Gasteiger partial charge in [0.25, 0.3) is 0 Å². The third-order valence-corrected chi connectivity index (χ3v) is 7.68. The van der Waals surface area contributed by atoms with E-state index in [1.54, 1.807) is 0 Å². The fourth-order valence-electron chi connectivity index (χ4n) is 4.83. The Hall–Kier alpha value is -2.10. The van der Waals surface area contributed by atoms with Gasteiger partial charge in [-0.15, -0.1) is 0 Å². The molecule has 3 heteroatoms. The first-order chi connectivity index (χ1) is 16.2. The fraction of sp³-hybridized carbons (Fsp3) is 0.548. The van der Waals surface area contributed by atoms with Crippen molar-refractivity contribution in [3.8, 4) is 5.75 Å². The Labute approximate surface area is 208 Å². The molecule has 0 spiro atoms. The summed E-state index contributed by atoms with van der Waals surface area (Å²) in [7, 11) is 0. The summed E-state index contributed by atoms with van der Waals surface area (Å²) in [5, 5.41) is 10.6. The molecular weight excluding hydrogens is 418 g/mol. The smallest absolute Gasteiger partial charge is 0.147 e. The van der Waals surface area contributed by atoms with Crippen molar-refractivity contribution in [3.05, 3.63) is 70.3 Å². The molecule has 0 amide bonds. The molecule has 0 saturated heterocycles. The van der Waals surface area contributed by atoms with Crippen molar-refractivity contribution >= 4 is 6.08 Å². The van der Waals surface area contributed by atoms with Crippen LogP contribution in [-0.4, -0.2) is 16.9 Å². The van der Waals surface area contributed by atoms with Crippen molar-refractivity contribution in [3.63, 3.8) is 0 Å². The van der Waals surface area contributed by atoms with Crippen molar-refractivity contribution in [1.29, 1.82) is 0 Å². The third-order valence-electron chi connectivity index (χ3n) is 7.68. The molecule has 0 aliphatic carbocycles. The molecule has 0 aliphatic rings. The predicted octanol–water partition coefficient (Wildman–Crippen LogP) is 7.83. The van der Waals surface area contributed by atoms with Gasteiger partial charge in [-0.3, -0.25) is 5.73 Å². The van der Waals surface area contributed by atoms with Crippen molar-refractivity contribution in [2.45, 2.75) is 111 Å². The second kappa shape index (κ2) is 12.6. The Morgan fingerprint density at radius 3 is 1.97 bits per heavy atom. The van der Waals surface area contributed by atoms with E-state index in [-0.39, 0.29) is 11.6 Å². The summed E-state index contributed by atoms with van der Waals surface area (Å²) in [5.74, 6) is 0.879. The molecule has 0 radical (unpaired) electrons. The minimum Gasteiger partial charge on any atom is -0.475 e. The second-order valence-electron chi connectivity index (χ2n) is 9.78. The highest BCUT2D eigenvalue weighted by atomic mass is 16.5. The zero-order valence-corrected chi connectivity index (χ0v) is 22.6. The molecule has 0 bridgehead atoms. The highest BCUT2D eigenvalue weighted by Crippen LogP contribution is 2.41. The number of unbranched alkanes of at least 4 members (excludes halogenated alkanes) is 1. The van der Waals surface area contributed by atoms with Crippen LogP contribution in [0.4, 0.5) is 0 Å². The van der Waals surface area contributed by atoms with E-state index in [2.05, 4.69) is 77.1 Å². The average molecular weight is 466 g/mol. The van der Waals surface area contributed by atoms with Gasteiger partial charge in [0.05, 0.1) is 5.60 Å².